The van der Waals surface area contributed by atoms with Crippen LogP contribution in [0.4, 0.5) is 23.1 Å². The fourth-order valence-electron chi connectivity index (χ4n) is 4.46. The highest BCUT2D eigenvalue weighted by molar-refractivity contribution is 5.96. The van der Waals surface area contributed by atoms with Gasteiger partial charge >= 0.3 is 0 Å². The van der Waals surface area contributed by atoms with Gasteiger partial charge < -0.3 is 15.4 Å². The van der Waals surface area contributed by atoms with E-state index in [1.165, 1.54) is 0 Å². The largest absolute Gasteiger partial charge is 0.383 e. The Labute approximate surface area is 206 Å². The number of rotatable bonds is 5. The first-order valence-electron chi connectivity index (χ1n) is 11.6. The van der Waals surface area contributed by atoms with E-state index >= 15 is 0 Å². The number of aromatic nitrogens is 5. The molecule has 0 radical (unpaired) electrons. The first kappa shape index (κ1) is 21.9. The quantitative estimate of drug-likeness (QED) is 0.408. The molecule has 0 aliphatic carbocycles. The molecular weight excluding hydrogens is 456 g/mol. The fourth-order valence-corrected chi connectivity index (χ4v) is 4.46. The van der Waals surface area contributed by atoms with Gasteiger partial charge in [0.2, 0.25) is 0 Å². The molecule has 5 aromatic rings. The lowest BCUT2D eigenvalue weighted by Gasteiger charge is -2.25. The Hall–Kier alpha value is -4.57. The van der Waals surface area contributed by atoms with Crippen LogP contribution in [0.3, 0.4) is 0 Å². The molecule has 0 atom stereocenters. The second-order valence-corrected chi connectivity index (χ2v) is 8.68. The lowest BCUT2D eigenvalue weighted by atomic mass is 10.1. The highest BCUT2D eigenvalue weighted by Crippen LogP contribution is 2.31. The van der Waals surface area contributed by atoms with Crippen molar-refractivity contribution in [3.8, 4) is 0 Å². The summed E-state index contributed by atoms with van der Waals surface area (Å²) in [6.07, 6.45) is 7.26. The number of benzene rings is 1. The number of anilines is 4. The van der Waals surface area contributed by atoms with Crippen LogP contribution in [0.25, 0.3) is 21.7 Å². The van der Waals surface area contributed by atoms with Crippen molar-refractivity contribution in [2.24, 2.45) is 0 Å². The molecule has 0 spiro atoms. The zero-order valence-corrected chi connectivity index (χ0v) is 19.7. The van der Waals surface area contributed by atoms with Gasteiger partial charge in [-0.1, -0.05) is 6.07 Å². The third-order valence-electron chi connectivity index (χ3n) is 6.36. The molecule has 0 saturated carbocycles. The van der Waals surface area contributed by atoms with Crippen LogP contribution < -0.4 is 15.5 Å². The third-order valence-corrected chi connectivity index (χ3v) is 6.36. The SMILES string of the molecule is CN(c1ccc2c(N)nccc2c1)c1nccc2nn(Cc3ccc(N4CCOCC4=O)nc3)cc12. The summed E-state index contributed by atoms with van der Waals surface area (Å²) in [4.78, 5) is 29.1. The van der Waals surface area contributed by atoms with Crippen molar-refractivity contribution >= 4 is 50.7 Å². The van der Waals surface area contributed by atoms with Crippen molar-refractivity contribution in [3.05, 3.63) is 72.8 Å². The molecule has 1 aromatic carbocycles. The zero-order valence-electron chi connectivity index (χ0n) is 19.7. The van der Waals surface area contributed by atoms with Gasteiger partial charge in [-0.15, -0.1) is 0 Å². The fraction of sp³-hybridized carbons (Fsp3) is 0.192. The minimum absolute atomic E-state index is 0.0736. The molecule has 4 aromatic heterocycles. The van der Waals surface area contributed by atoms with Gasteiger partial charge in [0.05, 0.1) is 30.6 Å². The van der Waals surface area contributed by atoms with Crippen molar-refractivity contribution in [2.75, 3.05) is 42.3 Å². The van der Waals surface area contributed by atoms with Gasteiger partial charge in [-0.3, -0.25) is 14.4 Å². The van der Waals surface area contributed by atoms with E-state index in [2.05, 4.69) is 21.0 Å². The predicted octanol–water partition coefficient (Wildman–Crippen LogP) is 3.14. The first-order chi connectivity index (χ1) is 17.6. The minimum atomic E-state index is -0.0736. The van der Waals surface area contributed by atoms with Crippen molar-refractivity contribution in [1.29, 1.82) is 0 Å². The highest BCUT2D eigenvalue weighted by Gasteiger charge is 2.21. The summed E-state index contributed by atoms with van der Waals surface area (Å²) in [6, 6.07) is 13.8. The van der Waals surface area contributed by atoms with E-state index in [1.807, 2.05) is 59.2 Å². The number of ether oxygens (including phenoxy) is 1. The summed E-state index contributed by atoms with van der Waals surface area (Å²) in [5.41, 5.74) is 8.83. The average molecular weight is 481 g/mol. The third kappa shape index (κ3) is 3.97. The maximum Gasteiger partial charge on any atom is 0.254 e. The molecule has 2 N–H and O–H groups in total. The van der Waals surface area contributed by atoms with Gasteiger partial charge in [0.25, 0.3) is 5.91 Å². The van der Waals surface area contributed by atoms with Crippen molar-refractivity contribution < 1.29 is 9.53 Å². The van der Waals surface area contributed by atoms with Gasteiger partial charge in [0, 0.05) is 42.9 Å². The molecule has 0 unspecified atom stereocenters. The summed E-state index contributed by atoms with van der Waals surface area (Å²) >= 11 is 0. The Bertz CT molecular complexity index is 1580. The van der Waals surface area contributed by atoms with Crippen LogP contribution in [-0.2, 0) is 16.1 Å². The van der Waals surface area contributed by atoms with E-state index in [0.29, 0.717) is 31.3 Å². The molecule has 1 fully saturated rings. The molecule has 0 bridgehead atoms. The lowest BCUT2D eigenvalue weighted by molar-refractivity contribution is -0.125. The van der Waals surface area contributed by atoms with Crippen LogP contribution in [0.15, 0.2) is 67.3 Å². The van der Waals surface area contributed by atoms with E-state index in [1.54, 1.807) is 23.5 Å². The molecule has 1 amide bonds. The number of fused-ring (bicyclic) bond motifs is 2. The van der Waals surface area contributed by atoms with Crippen molar-refractivity contribution in [3.63, 3.8) is 0 Å². The number of nitrogens with two attached hydrogens (primary N) is 1. The van der Waals surface area contributed by atoms with Gasteiger partial charge in [-0.25, -0.2) is 15.0 Å². The van der Waals surface area contributed by atoms with Gasteiger partial charge in [0.15, 0.2) is 0 Å². The number of hydrogen-bond acceptors (Lipinski definition) is 8. The van der Waals surface area contributed by atoms with Crippen LogP contribution in [0.2, 0.25) is 0 Å². The lowest BCUT2D eigenvalue weighted by Crippen LogP contribution is -2.42. The number of amides is 1. The number of nitrogens with zero attached hydrogens (tertiary/aromatic N) is 7. The summed E-state index contributed by atoms with van der Waals surface area (Å²) in [5.74, 6) is 1.89. The molecule has 5 heterocycles. The molecule has 1 aliphatic heterocycles. The van der Waals surface area contributed by atoms with E-state index in [9.17, 15) is 4.79 Å². The van der Waals surface area contributed by atoms with Gasteiger partial charge in [0.1, 0.15) is 24.1 Å². The smallest absolute Gasteiger partial charge is 0.254 e. The number of carbonyl (C=O) groups excluding carboxylic acids is 1. The topological polar surface area (TPSA) is 115 Å². The Kier molecular flexibility index (Phi) is 5.42. The van der Waals surface area contributed by atoms with Crippen LogP contribution in [0, 0.1) is 0 Å². The zero-order chi connectivity index (χ0) is 24.6. The van der Waals surface area contributed by atoms with Gasteiger partial charge in [-0.2, -0.15) is 5.10 Å². The molecule has 36 heavy (non-hydrogen) atoms. The maximum absolute atomic E-state index is 12.1. The van der Waals surface area contributed by atoms with Gasteiger partial charge in [-0.05, 0) is 47.3 Å². The standard InChI is InChI=1S/C26H24N8O2/c1-32(19-3-4-20-18(12-19)6-8-28-25(20)27)26-21-15-33(31-22(21)7-9-29-26)14-17-2-5-23(30-13-17)34-10-11-36-16-24(34)35/h2-9,12-13,15H,10-11,14,16H2,1H3,(H2,27,28). The Balaban J connectivity index is 1.26. The summed E-state index contributed by atoms with van der Waals surface area (Å²) in [6.45, 7) is 1.67. The molecular formula is C26H24N8O2. The Morgan fingerprint density at radius 3 is 2.78 bits per heavy atom. The highest BCUT2D eigenvalue weighted by atomic mass is 16.5. The number of morpholine rings is 1. The molecule has 10 nitrogen and oxygen atoms in total. The predicted molar refractivity (Wildman–Crippen MR) is 138 cm³/mol. The van der Waals surface area contributed by atoms with E-state index in [-0.39, 0.29) is 12.5 Å². The summed E-state index contributed by atoms with van der Waals surface area (Å²) in [5, 5.41) is 7.63. The van der Waals surface area contributed by atoms with Crippen molar-refractivity contribution in [2.45, 2.75) is 6.54 Å². The maximum atomic E-state index is 12.1. The van der Waals surface area contributed by atoms with E-state index in [4.69, 9.17) is 15.6 Å². The number of carbonyl (C=O) groups is 1. The second kappa shape index (κ2) is 8.90. The molecule has 1 aliphatic rings. The Morgan fingerprint density at radius 2 is 1.94 bits per heavy atom. The average Bonchev–Trinajstić information content (AvgIpc) is 3.32. The van der Waals surface area contributed by atoms with E-state index < -0.39 is 0 Å². The minimum Gasteiger partial charge on any atom is -0.383 e. The molecule has 1 saturated heterocycles. The molecule has 180 valence electrons. The van der Waals surface area contributed by atoms with Crippen LogP contribution >= 0.6 is 0 Å². The number of pyridine rings is 3. The van der Waals surface area contributed by atoms with E-state index in [0.717, 1.165) is 38.7 Å². The summed E-state index contributed by atoms with van der Waals surface area (Å²) < 4.78 is 7.08. The molecule has 6 rings (SSSR count). The monoisotopic (exact) mass is 480 g/mol. The first-order valence-corrected chi connectivity index (χ1v) is 11.6. The normalized spacial score (nSPS) is 14.0. The number of hydrogen-bond donors (Lipinski definition) is 1. The van der Waals surface area contributed by atoms with Crippen LogP contribution in [0.1, 0.15) is 5.56 Å². The Morgan fingerprint density at radius 1 is 1.06 bits per heavy atom. The van der Waals surface area contributed by atoms with Crippen molar-refractivity contribution in [1.82, 2.24) is 24.7 Å². The summed E-state index contributed by atoms with van der Waals surface area (Å²) in [7, 11) is 1.99. The second-order valence-electron chi connectivity index (χ2n) is 8.68. The van der Waals surface area contributed by atoms with Crippen LogP contribution in [-0.4, -0.2) is 57.4 Å². The molecule has 10 heteroatoms. The number of nitrogen functional groups attached to an aromatic ring is 1. The van der Waals surface area contributed by atoms with Crippen LogP contribution in [0.5, 0.6) is 0 Å².